The van der Waals surface area contributed by atoms with Gasteiger partial charge in [0.15, 0.2) is 5.79 Å². The van der Waals surface area contributed by atoms with Crippen LogP contribution in [0.1, 0.15) is 32.6 Å². The SMILES string of the molecule is CCCC1(C2(C(=O)OC)CC2)OCCO1. The van der Waals surface area contributed by atoms with Crippen molar-refractivity contribution in [2.24, 2.45) is 5.41 Å². The van der Waals surface area contributed by atoms with E-state index >= 15 is 0 Å². The maximum Gasteiger partial charge on any atom is 0.317 e. The van der Waals surface area contributed by atoms with E-state index in [1.165, 1.54) is 7.11 Å². The summed E-state index contributed by atoms with van der Waals surface area (Å²) < 4.78 is 16.3. The van der Waals surface area contributed by atoms with Gasteiger partial charge in [-0.15, -0.1) is 0 Å². The highest BCUT2D eigenvalue weighted by Gasteiger charge is 2.68. The lowest BCUT2D eigenvalue weighted by Crippen LogP contribution is -2.46. The lowest BCUT2D eigenvalue weighted by atomic mass is 9.91. The fourth-order valence-electron chi connectivity index (χ4n) is 2.50. The Labute approximate surface area is 89.9 Å². The number of rotatable bonds is 4. The fraction of sp³-hybridized carbons (Fsp3) is 0.909. The van der Waals surface area contributed by atoms with Gasteiger partial charge < -0.3 is 14.2 Å². The van der Waals surface area contributed by atoms with Crippen molar-refractivity contribution in [2.75, 3.05) is 20.3 Å². The van der Waals surface area contributed by atoms with Gasteiger partial charge in [-0.25, -0.2) is 0 Å². The van der Waals surface area contributed by atoms with Gasteiger partial charge in [-0.05, 0) is 12.8 Å². The molecule has 2 aliphatic rings. The van der Waals surface area contributed by atoms with Crippen molar-refractivity contribution >= 4 is 5.97 Å². The third kappa shape index (κ3) is 1.47. The molecule has 1 aliphatic heterocycles. The molecule has 2 fully saturated rings. The van der Waals surface area contributed by atoms with Gasteiger partial charge in [0.05, 0.1) is 20.3 Å². The number of hydrogen-bond acceptors (Lipinski definition) is 4. The van der Waals surface area contributed by atoms with Crippen LogP contribution in [0, 0.1) is 5.41 Å². The maximum absolute atomic E-state index is 11.8. The van der Waals surface area contributed by atoms with Crippen LogP contribution in [-0.4, -0.2) is 32.1 Å². The number of methoxy groups -OCH3 is 1. The average Bonchev–Trinajstić information content (AvgIpc) is 2.94. The first-order valence-corrected chi connectivity index (χ1v) is 5.57. The molecule has 0 N–H and O–H groups in total. The Morgan fingerprint density at radius 2 is 1.93 bits per heavy atom. The quantitative estimate of drug-likeness (QED) is 0.665. The molecule has 0 spiro atoms. The first-order chi connectivity index (χ1) is 7.21. The first kappa shape index (κ1) is 10.9. The van der Waals surface area contributed by atoms with Crippen LogP contribution in [-0.2, 0) is 19.0 Å². The molecule has 1 heterocycles. The van der Waals surface area contributed by atoms with Gasteiger partial charge >= 0.3 is 5.97 Å². The van der Waals surface area contributed by atoms with Crippen molar-refractivity contribution in [3.63, 3.8) is 0 Å². The zero-order chi connectivity index (χ0) is 10.9. The lowest BCUT2D eigenvalue weighted by Gasteiger charge is -2.33. The minimum absolute atomic E-state index is 0.183. The highest BCUT2D eigenvalue weighted by atomic mass is 16.7. The molecule has 2 rings (SSSR count). The third-order valence-corrected chi connectivity index (χ3v) is 3.39. The van der Waals surface area contributed by atoms with Gasteiger partial charge in [0.1, 0.15) is 5.41 Å². The van der Waals surface area contributed by atoms with Crippen molar-refractivity contribution in [1.82, 2.24) is 0 Å². The molecule has 4 heteroatoms. The van der Waals surface area contributed by atoms with Crippen LogP contribution in [0.3, 0.4) is 0 Å². The molecule has 1 saturated heterocycles. The Bertz CT molecular complexity index is 251. The number of esters is 1. The van der Waals surface area contributed by atoms with Crippen molar-refractivity contribution < 1.29 is 19.0 Å². The summed E-state index contributed by atoms with van der Waals surface area (Å²) in [6.07, 6.45) is 3.35. The summed E-state index contributed by atoms with van der Waals surface area (Å²) in [4.78, 5) is 11.8. The van der Waals surface area contributed by atoms with Gasteiger partial charge in [0.2, 0.25) is 0 Å². The molecule has 15 heavy (non-hydrogen) atoms. The molecule has 0 atom stereocenters. The highest BCUT2D eigenvalue weighted by Crippen LogP contribution is 2.59. The van der Waals surface area contributed by atoms with E-state index in [1.54, 1.807) is 0 Å². The van der Waals surface area contributed by atoms with Gasteiger partial charge in [0, 0.05) is 6.42 Å². The molecule has 0 aromatic carbocycles. The monoisotopic (exact) mass is 214 g/mol. The minimum atomic E-state index is -0.700. The Hall–Kier alpha value is -0.610. The van der Waals surface area contributed by atoms with Gasteiger partial charge in [-0.1, -0.05) is 13.3 Å². The summed E-state index contributed by atoms with van der Waals surface area (Å²) in [5.41, 5.74) is -0.520. The van der Waals surface area contributed by atoms with E-state index in [2.05, 4.69) is 6.92 Å². The molecule has 1 saturated carbocycles. The van der Waals surface area contributed by atoms with Crippen molar-refractivity contribution in [1.29, 1.82) is 0 Å². The number of hydrogen-bond donors (Lipinski definition) is 0. The van der Waals surface area contributed by atoms with Crippen LogP contribution in [0.5, 0.6) is 0 Å². The van der Waals surface area contributed by atoms with E-state index in [4.69, 9.17) is 14.2 Å². The van der Waals surface area contributed by atoms with Crippen LogP contribution in [0.2, 0.25) is 0 Å². The number of ether oxygens (including phenoxy) is 3. The summed E-state index contributed by atoms with van der Waals surface area (Å²) in [5, 5.41) is 0. The Morgan fingerprint density at radius 1 is 1.33 bits per heavy atom. The second kappa shape index (κ2) is 3.76. The Kier molecular flexibility index (Phi) is 2.73. The van der Waals surface area contributed by atoms with E-state index in [-0.39, 0.29) is 5.97 Å². The van der Waals surface area contributed by atoms with Gasteiger partial charge in [-0.3, -0.25) is 4.79 Å². The van der Waals surface area contributed by atoms with Crippen LogP contribution >= 0.6 is 0 Å². The van der Waals surface area contributed by atoms with E-state index in [9.17, 15) is 4.79 Å². The normalized spacial score (nSPS) is 26.3. The van der Waals surface area contributed by atoms with Gasteiger partial charge in [-0.2, -0.15) is 0 Å². The highest BCUT2D eigenvalue weighted by molar-refractivity contribution is 5.81. The van der Waals surface area contributed by atoms with Crippen LogP contribution in [0.4, 0.5) is 0 Å². The van der Waals surface area contributed by atoms with E-state index < -0.39 is 11.2 Å². The number of carbonyl (C=O) groups excluding carboxylic acids is 1. The summed E-state index contributed by atoms with van der Waals surface area (Å²) in [6, 6.07) is 0. The largest absolute Gasteiger partial charge is 0.468 e. The summed E-state index contributed by atoms with van der Waals surface area (Å²) in [7, 11) is 1.43. The second-order valence-corrected chi connectivity index (χ2v) is 4.27. The molecule has 1 aliphatic carbocycles. The topological polar surface area (TPSA) is 44.8 Å². The first-order valence-electron chi connectivity index (χ1n) is 5.57. The van der Waals surface area contributed by atoms with E-state index in [0.717, 1.165) is 25.7 Å². The van der Waals surface area contributed by atoms with Crippen LogP contribution in [0.15, 0.2) is 0 Å². The van der Waals surface area contributed by atoms with Crippen LogP contribution < -0.4 is 0 Å². The molecular weight excluding hydrogens is 196 g/mol. The van der Waals surface area contributed by atoms with Crippen molar-refractivity contribution in [3.05, 3.63) is 0 Å². The molecular formula is C11H18O4. The number of carbonyl (C=O) groups is 1. The molecule has 0 bridgehead atoms. The Balaban J connectivity index is 2.21. The molecule has 0 unspecified atom stereocenters. The summed E-state index contributed by atoms with van der Waals surface area (Å²) >= 11 is 0. The molecule has 0 radical (unpaired) electrons. The third-order valence-electron chi connectivity index (χ3n) is 3.39. The maximum atomic E-state index is 11.8. The van der Waals surface area contributed by atoms with Crippen LogP contribution in [0.25, 0.3) is 0 Å². The fourth-order valence-corrected chi connectivity index (χ4v) is 2.50. The predicted octanol–water partition coefficient (Wildman–Crippen LogP) is 1.48. The smallest absolute Gasteiger partial charge is 0.317 e. The Morgan fingerprint density at radius 3 is 2.33 bits per heavy atom. The van der Waals surface area contributed by atoms with Crippen molar-refractivity contribution in [2.45, 2.75) is 38.4 Å². The summed E-state index contributed by atoms with van der Waals surface area (Å²) in [6.45, 7) is 3.23. The van der Waals surface area contributed by atoms with Gasteiger partial charge in [0.25, 0.3) is 0 Å². The molecule has 4 nitrogen and oxygen atoms in total. The lowest BCUT2D eigenvalue weighted by molar-refractivity contribution is -0.220. The van der Waals surface area contributed by atoms with E-state index in [0.29, 0.717) is 13.2 Å². The molecule has 0 amide bonds. The molecule has 86 valence electrons. The zero-order valence-electron chi connectivity index (χ0n) is 9.38. The average molecular weight is 214 g/mol. The zero-order valence-corrected chi connectivity index (χ0v) is 9.38. The minimum Gasteiger partial charge on any atom is -0.468 e. The second-order valence-electron chi connectivity index (χ2n) is 4.27. The molecule has 0 aromatic rings. The van der Waals surface area contributed by atoms with Crippen molar-refractivity contribution in [3.8, 4) is 0 Å². The predicted molar refractivity (Wildman–Crippen MR) is 53.2 cm³/mol. The standard InChI is InChI=1S/C11H18O4/c1-3-4-11(14-7-8-15-11)10(5-6-10)9(12)13-2/h3-8H2,1-2H3. The van der Waals surface area contributed by atoms with E-state index in [1.807, 2.05) is 0 Å². The summed E-state index contributed by atoms with van der Waals surface area (Å²) in [5.74, 6) is -0.882. The molecule has 0 aromatic heterocycles.